The maximum Gasteiger partial charge on any atom is 0.323 e. The second-order valence-corrected chi connectivity index (χ2v) is 4.63. The number of esters is 1. The maximum atomic E-state index is 11.7. The highest BCUT2D eigenvalue weighted by molar-refractivity contribution is 6.32. The lowest BCUT2D eigenvalue weighted by Gasteiger charge is -2.11. The molecule has 1 saturated heterocycles. The van der Waals surface area contributed by atoms with E-state index in [-0.39, 0.29) is 18.6 Å². The van der Waals surface area contributed by atoms with Gasteiger partial charge in [0.1, 0.15) is 18.4 Å². The number of hydrogen-bond acceptors (Lipinski definition) is 4. The van der Waals surface area contributed by atoms with E-state index in [2.05, 4.69) is 5.32 Å². The molecule has 1 aliphatic heterocycles. The lowest BCUT2D eigenvalue weighted by Crippen LogP contribution is -2.32. The molecule has 0 amide bonds. The molecule has 0 saturated carbocycles. The fraction of sp³-hybridized carbons (Fsp3) is 0.462. The monoisotopic (exact) mass is 269 g/mol. The van der Waals surface area contributed by atoms with Crippen LogP contribution in [0, 0.1) is 0 Å². The van der Waals surface area contributed by atoms with Gasteiger partial charge in [-0.1, -0.05) is 17.7 Å². The SMILES string of the molecule is COc1ccc(COC(=O)C2CCCN2)cc1Cl. The van der Waals surface area contributed by atoms with Gasteiger partial charge in [0.15, 0.2) is 0 Å². The molecule has 98 valence electrons. The van der Waals surface area contributed by atoms with Crippen molar-refractivity contribution in [3.8, 4) is 5.75 Å². The Hall–Kier alpha value is -1.26. The molecule has 1 aliphatic rings. The molecular formula is C13H16ClNO3. The van der Waals surface area contributed by atoms with Crippen LogP contribution >= 0.6 is 11.6 Å². The summed E-state index contributed by atoms with van der Waals surface area (Å²) in [6, 6.07) is 5.19. The number of hydrogen-bond donors (Lipinski definition) is 1. The van der Waals surface area contributed by atoms with Gasteiger partial charge < -0.3 is 14.8 Å². The zero-order valence-electron chi connectivity index (χ0n) is 10.2. The van der Waals surface area contributed by atoms with Gasteiger partial charge in [-0.15, -0.1) is 0 Å². The van der Waals surface area contributed by atoms with E-state index in [1.807, 2.05) is 6.07 Å². The molecule has 1 heterocycles. The zero-order valence-corrected chi connectivity index (χ0v) is 11.0. The van der Waals surface area contributed by atoms with Crippen LogP contribution in [0.3, 0.4) is 0 Å². The average Bonchev–Trinajstić information content (AvgIpc) is 2.90. The molecule has 0 aromatic heterocycles. The van der Waals surface area contributed by atoms with Crippen molar-refractivity contribution < 1.29 is 14.3 Å². The van der Waals surface area contributed by atoms with E-state index < -0.39 is 0 Å². The van der Waals surface area contributed by atoms with Crippen molar-refractivity contribution in [1.82, 2.24) is 5.32 Å². The van der Waals surface area contributed by atoms with Crippen molar-refractivity contribution in [2.24, 2.45) is 0 Å². The summed E-state index contributed by atoms with van der Waals surface area (Å²) >= 11 is 5.99. The van der Waals surface area contributed by atoms with Gasteiger partial charge in [-0.25, -0.2) is 0 Å². The fourth-order valence-corrected chi connectivity index (χ4v) is 2.22. The number of nitrogens with one attached hydrogen (secondary N) is 1. The molecule has 1 atom stereocenters. The molecule has 1 aromatic carbocycles. The van der Waals surface area contributed by atoms with Crippen LogP contribution < -0.4 is 10.1 Å². The Bertz CT molecular complexity index is 430. The number of benzene rings is 1. The van der Waals surface area contributed by atoms with Crippen LogP contribution in [0.4, 0.5) is 0 Å². The van der Waals surface area contributed by atoms with Crippen LogP contribution in [0.5, 0.6) is 5.75 Å². The van der Waals surface area contributed by atoms with Crippen LogP contribution in [0.25, 0.3) is 0 Å². The largest absolute Gasteiger partial charge is 0.495 e. The van der Waals surface area contributed by atoms with Crippen molar-refractivity contribution in [2.45, 2.75) is 25.5 Å². The van der Waals surface area contributed by atoms with Crippen molar-refractivity contribution in [2.75, 3.05) is 13.7 Å². The van der Waals surface area contributed by atoms with Gasteiger partial charge in [0.05, 0.1) is 12.1 Å². The number of carbonyl (C=O) groups excluding carboxylic acids is 1. The summed E-state index contributed by atoms with van der Waals surface area (Å²) in [5.74, 6) is 0.420. The summed E-state index contributed by atoms with van der Waals surface area (Å²) in [7, 11) is 1.56. The first-order valence-corrected chi connectivity index (χ1v) is 6.31. The molecule has 0 aliphatic carbocycles. The summed E-state index contributed by atoms with van der Waals surface area (Å²) in [5, 5.41) is 3.62. The highest BCUT2D eigenvalue weighted by Gasteiger charge is 2.23. The first kappa shape index (κ1) is 13.2. The van der Waals surface area contributed by atoms with Crippen molar-refractivity contribution in [3.63, 3.8) is 0 Å². The van der Waals surface area contributed by atoms with Crippen molar-refractivity contribution in [3.05, 3.63) is 28.8 Å². The fourth-order valence-electron chi connectivity index (χ4n) is 1.94. The highest BCUT2D eigenvalue weighted by atomic mass is 35.5. The van der Waals surface area contributed by atoms with E-state index in [1.54, 1.807) is 19.2 Å². The lowest BCUT2D eigenvalue weighted by molar-refractivity contribution is -0.147. The number of ether oxygens (including phenoxy) is 2. The number of methoxy groups -OCH3 is 1. The minimum absolute atomic E-state index is 0.154. The van der Waals surface area contributed by atoms with Gasteiger partial charge in [0, 0.05) is 0 Å². The van der Waals surface area contributed by atoms with Crippen LogP contribution in [0.2, 0.25) is 5.02 Å². The summed E-state index contributed by atoms with van der Waals surface area (Å²) in [6.07, 6.45) is 1.87. The molecule has 5 heteroatoms. The van der Waals surface area contributed by atoms with Crippen LogP contribution in [0.1, 0.15) is 18.4 Å². The quantitative estimate of drug-likeness (QED) is 0.851. The first-order valence-electron chi connectivity index (χ1n) is 5.93. The van der Waals surface area contributed by atoms with Crippen molar-refractivity contribution in [1.29, 1.82) is 0 Å². The molecule has 0 radical (unpaired) electrons. The third-order valence-corrected chi connectivity index (χ3v) is 3.24. The van der Waals surface area contributed by atoms with Gasteiger partial charge in [0.25, 0.3) is 0 Å². The lowest BCUT2D eigenvalue weighted by atomic mass is 10.2. The Morgan fingerprint density at radius 1 is 1.56 bits per heavy atom. The smallest absolute Gasteiger partial charge is 0.323 e. The second kappa shape index (κ2) is 6.07. The molecule has 1 unspecified atom stereocenters. The normalized spacial score (nSPS) is 18.7. The molecule has 1 fully saturated rings. The predicted octanol–water partition coefficient (Wildman–Crippen LogP) is 2.14. The van der Waals surface area contributed by atoms with Crippen LogP contribution in [-0.2, 0) is 16.1 Å². The van der Waals surface area contributed by atoms with E-state index >= 15 is 0 Å². The molecule has 4 nitrogen and oxygen atoms in total. The molecule has 1 aromatic rings. The van der Waals surface area contributed by atoms with Crippen molar-refractivity contribution >= 4 is 17.6 Å². The molecule has 2 rings (SSSR count). The minimum atomic E-state index is -0.195. The summed E-state index contributed by atoms with van der Waals surface area (Å²) in [6.45, 7) is 1.12. The van der Waals surface area contributed by atoms with Gasteiger partial charge in [0.2, 0.25) is 0 Å². The summed E-state index contributed by atoms with van der Waals surface area (Å²) < 4.78 is 10.3. The molecule has 0 bridgehead atoms. The average molecular weight is 270 g/mol. The summed E-state index contributed by atoms with van der Waals surface area (Å²) in [5.41, 5.74) is 0.854. The minimum Gasteiger partial charge on any atom is -0.495 e. The third-order valence-electron chi connectivity index (χ3n) is 2.94. The Kier molecular flexibility index (Phi) is 4.44. The van der Waals surface area contributed by atoms with Crippen LogP contribution in [-0.4, -0.2) is 25.7 Å². The molecular weight excluding hydrogens is 254 g/mol. The Morgan fingerprint density at radius 3 is 3.00 bits per heavy atom. The first-order chi connectivity index (χ1) is 8.70. The van der Waals surface area contributed by atoms with Gasteiger partial charge in [-0.2, -0.15) is 0 Å². The van der Waals surface area contributed by atoms with E-state index in [9.17, 15) is 4.79 Å². The van der Waals surface area contributed by atoms with E-state index in [0.717, 1.165) is 24.9 Å². The van der Waals surface area contributed by atoms with Gasteiger partial charge in [-0.05, 0) is 37.1 Å². The molecule has 1 N–H and O–H groups in total. The summed E-state index contributed by atoms with van der Waals surface area (Å²) in [4.78, 5) is 11.7. The van der Waals surface area contributed by atoms with E-state index in [1.165, 1.54) is 0 Å². The standard InChI is InChI=1S/C13H16ClNO3/c1-17-12-5-4-9(7-10(12)14)8-18-13(16)11-3-2-6-15-11/h4-5,7,11,15H,2-3,6,8H2,1H3. The third kappa shape index (κ3) is 3.15. The number of halogens is 1. The van der Waals surface area contributed by atoms with Crippen LogP contribution in [0.15, 0.2) is 18.2 Å². The Balaban J connectivity index is 1.89. The topological polar surface area (TPSA) is 47.6 Å². The number of rotatable bonds is 4. The Morgan fingerprint density at radius 2 is 2.39 bits per heavy atom. The van der Waals surface area contributed by atoms with E-state index in [4.69, 9.17) is 21.1 Å². The number of carbonyl (C=O) groups is 1. The highest BCUT2D eigenvalue weighted by Crippen LogP contribution is 2.25. The molecule has 0 spiro atoms. The predicted molar refractivity (Wildman–Crippen MR) is 68.8 cm³/mol. The maximum absolute atomic E-state index is 11.7. The van der Waals surface area contributed by atoms with Gasteiger partial charge >= 0.3 is 5.97 Å². The van der Waals surface area contributed by atoms with Gasteiger partial charge in [-0.3, -0.25) is 4.79 Å². The molecule has 18 heavy (non-hydrogen) atoms. The van der Waals surface area contributed by atoms with E-state index in [0.29, 0.717) is 10.8 Å². The Labute approximate surface area is 111 Å². The zero-order chi connectivity index (χ0) is 13.0. The second-order valence-electron chi connectivity index (χ2n) is 4.23.